The molecule has 19 heavy (non-hydrogen) atoms. The van der Waals surface area contributed by atoms with E-state index in [1.807, 2.05) is 0 Å². The van der Waals surface area contributed by atoms with E-state index in [4.69, 9.17) is 5.73 Å². The summed E-state index contributed by atoms with van der Waals surface area (Å²) in [5.41, 5.74) is 5.70. The molecule has 1 rings (SSSR count). The maximum Gasteiger partial charge on any atom is 0.244 e. The average molecular weight is 282 g/mol. The molecular weight excluding hydrogens is 264 g/mol. The Labute approximate surface area is 114 Å². The Kier molecular flexibility index (Phi) is 5.51. The number of nitrogens with zero attached hydrogens (tertiary/aromatic N) is 1. The van der Waals surface area contributed by atoms with E-state index in [1.165, 1.54) is 20.0 Å². The fourth-order valence-electron chi connectivity index (χ4n) is 1.58. The van der Waals surface area contributed by atoms with Crippen molar-refractivity contribution in [2.24, 2.45) is 5.73 Å². The van der Waals surface area contributed by atoms with Crippen LogP contribution in [0.3, 0.4) is 0 Å². The summed E-state index contributed by atoms with van der Waals surface area (Å²) in [6, 6.07) is 6.48. The minimum absolute atomic E-state index is 0.0288. The van der Waals surface area contributed by atoms with Crippen molar-refractivity contribution in [3.63, 3.8) is 0 Å². The van der Waals surface area contributed by atoms with E-state index in [9.17, 15) is 13.5 Å². The maximum atomic E-state index is 12.4. The van der Waals surface area contributed by atoms with Gasteiger partial charge >= 0.3 is 0 Å². The smallest absolute Gasteiger partial charge is 0.244 e. The van der Waals surface area contributed by atoms with Crippen LogP contribution in [-0.4, -0.2) is 44.1 Å². The molecule has 0 heterocycles. The van der Waals surface area contributed by atoms with E-state index in [0.717, 1.165) is 4.31 Å². The summed E-state index contributed by atoms with van der Waals surface area (Å²) in [7, 11) is -2.24. The lowest BCUT2D eigenvalue weighted by atomic mass is 10.2. The maximum absolute atomic E-state index is 12.4. The molecule has 1 atom stereocenters. The third-order valence-electron chi connectivity index (χ3n) is 2.42. The molecule has 0 aliphatic carbocycles. The molecule has 0 saturated heterocycles. The molecule has 0 amide bonds. The van der Waals surface area contributed by atoms with Crippen LogP contribution in [0.25, 0.3) is 0 Å². The Morgan fingerprint density at radius 2 is 2.05 bits per heavy atom. The molecule has 0 aliphatic rings. The minimum Gasteiger partial charge on any atom is -0.392 e. The monoisotopic (exact) mass is 282 g/mol. The molecule has 5 nitrogen and oxygen atoms in total. The van der Waals surface area contributed by atoms with Crippen LogP contribution in [0.15, 0.2) is 29.2 Å². The Morgan fingerprint density at radius 3 is 2.63 bits per heavy atom. The van der Waals surface area contributed by atoms with E-state index < -0.39 is 16.1 Å². The van der Waals surface area contributed by atoms with Crippen LogP contribution in [-0.2, 0) is 10.0 Å². The summed E-state index contributed by atoms with van der Waals surface area (Å²) >= 11 is 0. The number of hydrogen-bond acceptors (Lipinski definition) is 4. The first-order valence-electron chi connectivity index (χ1n) is 5.82. The lowest BCUT2D eigenvalue weighted by Crippen LogP contribution is -2.33. The normalized spacial score (nSPS) is 12.9. The van der Waals surface area contributed by atoms with Crippen LogP contribution in [0.2, 0.25) is 0 Å². The highest BCUT2D eigenvalue weighted by Gasteiger charge is 2.23. The van der Waals surface area contributed by atoms with Gasteiger partial charge in [-0.05, 0) is 19.1 Å². The number of aliphatic hydroxyl groups excluding tert-OH is 1. The molecular formula is C13H18N2O3S. The van der Waals surface area contributed by atoms with Crippen molar-refractivity contribution < 1.29 is 13.5 Å². The van der Waals surface area contributed by atoms with Gasteiger partial charge < -0.3 is 10.8 Å². The second-order valence-electron chi connectivity index (χ2n) is 4.14. The van der Waals surface area contributed by atoms with Gasteiger partial charge in [0.05, 0.1) is 17.5 Å². The first kappa shape index (κ1) is 15.7. The standard InChI is InChI=1S/C13H18N2O3S/c1-11(16)10-15(2)19(17,18)13-8-4-3-6-12(13)7-5-9-14/h3-4,6,8,11,16H,9-10,14H2,1-2H3. The Bertz CT molecular complexity index is 585. The largest absolute Gasteiger partial charge is 0.392 e. The predicted octanol–water partition coefficient (Wildman–Crippen LogP) is -0.00190. The van der Waals surface area contributed by atoms with E-state index >= 15 is 0 Å². The van der Waals surface area contributed by atoms with Crippen LogP contribution in [0.1, 0.15) is 12.5 Å². The number of sulfonamides is 1. The summed E-state index contributed by atoms with van der Waals surface area (Å²) in [4.78, 5) is 0.124. The molecule has 0 saturated carbocycles. The number of benzene rings is 1. The van der Waals surface area contributed by atoms with Crippen LogP contribution >= 0.6 is 0 Å². The molecule has 3 N–H and O–H groups in total. The van der Waals surface area contributed by atoms with Crippen molar-refractivity contribution in [3.05, 3.63) is 29.8 Å². The van der Waals surface area contributed by atoms with Gasteiger partial charge in [0, 0.05) is 19.2 Å². The van der Waals surface area contributed by atoms with Gasteiger partial charge in [-0.3, -0.25) is 0 Å². The molecule has 6 heteroatoms. The first-order chi connectivity index (χ1) is 8.89. The van der Waals surface area contributed by atoms with Crippen LogP contribution in [0.4, 0.5) is 0 Å². The zero-order valence-electron chi connectivity index (χ0n) is 11.0. The van der Waals surface area contributed by atoms with Crippen molar-refractivity contribution in [2.75, 3.05) is 20.1 Å². The highest BCUT2D eigenvalue weighted by molar-refractivity contribution is 7.89. The Morgan fingerprint density at radius 1 is 1.42 bits per heavy atom. The highest BCUT2D eigenvalue weighted by atomic mass is 32.2. The van der Waals surface area contributed by atoms with Gasteiger partial charge in [-0.1, -0.05) is 24.0 Å². The van der Waals surface area contributed by atoms with Crippen molar-refractivity contribution in [1.82, 2.24) is 4.31 Å². The second-order valence-corrected chi connectivity index (χ2v) is 6.15. The molecule has 0 spiro atoms. The molecule has 104 valence electrons. The van der Waals surface area contributed by atoms with Crippen LogP contribution in [0.5, 0.6) is 0 Å². The second kappa shape index (κ2) is 6.68. The zero-order chi connectivity index (χ0) is 14.5. The third-order valence-corrected chi connectivity index (χ3v) is 4.30. The molecule has 1 aromatic carbocycles. The van der Waals surface area contributed by atoms with Crippen molar-refractivity contribution in [1.29, 1.82) is 0 Å². The summed E-state index contributed by atoms with van der Waals surface area (Å²) < 4.78 is 25.8. The SMILES string of the molecule is CC(O)CN(C)S(=O)(=O)c1ccccc1C#CCN. The Balaban J connectivity index is 3.21. The number of aliphatic hydroxyl groups is 1. The Hall–Kier alpha value is -1.39. The van der Waals surface area contributed by atoms with Crippen molar-refractivity contribution in [2.45, 2.75) is 17.9 Å². The van der Waals surface area contributed by atoms with Gasteiger partial charge in [-0.2, -0.15) is 4.31 Å². The molecule has 0 radical (unpaired) electrons. The molecule has 0 bridgehead atoms. The molecule has 0 fully saturated rings. The molecule has 1 aromatic rings. The van der Waals surface area contributed by atoms with Crippen LogP contribution < -0.4 is 5.73 Å². The lowest BCUT2D eigenvalue weighted by Gasteiger charge is -2.19. The summed E-state index contributed by atoms with van der Waals surface area (Å²) in [5.74, 6) is 5.39. The number of rotatable bonds is 4. The predicted molar refractivity (Wildman–Crippen MR) is 73.9 cm³/mol. The summed E-state index contributed by atoms with van der Waals surface area (Å²) in [6.07, 6.45) is -0.734. The van der Waals surface area contributed by atoms with E-state index in [1.54, 1.807) is 18.2 Å². The van der Waals surface area contributed by atoms with Gasteiger partial charge in [-0.15, -0.1) is 0 Å². The first-order valence-corrected chi connectivity index (χ1v) is 7.26. The van der Waals surface area contributed by atoms with Crippen molar-refractivity contribution in [3.8, 4) is 11.8 Å². The summed E-state index contributed by atoms with van der Waals surface area (Å²) in [5, 5.41) is 9.29. The summed E-state index contributed by atoms with van der Waals surface area (Å²) in [6.45, 7) is 1.73. The van der Waals surface area contributed by atoms with Crippen molar-refractivity contribution >= 4 is 10.0 Å². The highest BCUT2D eigenvalue weighted by Crippen LogP contribution is 2.18. The van der Waals surface area contributed by atoms with Gasteiger partial charge in [-0.25, -0.2) is 8.42 Å². The average Bonchev–Trinajstić information content (AvgIpc) is 2.35. The van der Waals surface area contributed by atoms with Gasteiger partial charge in [0.25, 0.3) is 0 Å². The quantitative estimate of drug-likeness (QED) is 0.761. The number of hydrogen-bond donors (Lipinski definition) is 2. The lowest BCUT2D eigenvalue weighted by molar-refractivity contribution is 0.171. The van der Waals surface area contributed by atoms with E-state index in [-0.39, 0.29) is 18.0 Å². The van der Waals surface area contributed by atoms with Gasteiger partial charge in [0.1, 0.15) is 0 Å². The topological polar surface area (TPSA) is 83.6 Å². The number of likely N-dealkylation sites (N-methyl/N-ethyl adjacent to an activating group) is 1. The molecule has 1 unspecified atom stereocenters. The number of nitrogens with two attached hydrogens (primary N) is 1. The molecule has 0 aliphatic heterocycles. The van der Waals surface area contributed by atoms with E-state index in [2.05, 4.69) is 11.8 Å². The minimum atomic E-state index is -3.67. The van der Waals surface area contributed by atoms with Gasteiger partial charge in [0.15, 0.2) is 0 Å². The fraction of sp³-hybridized carbons (Fsp3) is 0.385. The third kappa shape index (κ3) is 4.04. The zero-order valence-corrected chi connectivity index (χ0v) is 11.8. The van der Waals surface area contributed by atoms with Gasteiger partial charge in [0.2, 0.25) is 10.0 Å². The molecule has 0 aromatic heterocycles. The van der Waals surface area contributed by atoms with Crippen LogP contribution in [0, 0.1) is 11.8 Å². The fourth-order valence-corrected chi connectivity index (χ4v) is 2.97. The van der Waals surface area contributed by atoms with E-state index in [0.29, 0.717) is 5.56 Å².